The van der Waals surface area contributed by atoms with Gasteiger partial charge in [-0.25, -0.2) is 8.78 Å². The van der Waals surface area contributed by atoms with Crippen molar-refractivity contribution in [2.75, 3.05) is 0 Å². The van der Waals surface area contributed by atoms with Crippen LogP contribution in [0.2, 0.25) is 0 Å². The lowest BCUT2D eigenvalue weighted by Gasteiger charge is -2.15. The Labute approximate surface area is 109 Å². The van der Waals surface area contributed by atoms with E-state index in [1.165, 1.54) is 0 Å². The number of halogens is 7. The van der Waals surface area contributed by atoms with E-state index in [0.29, 0.717) is 0 Å². The average molecular weight is 385 g/mol. The van der Waals surface area contributed by atoms with E-state index < -0.39 is 24.2 Å². The van der Waals surface area contributed by atoms with Gasteiger partial charge in [0.15, 0.2) is 5.75 Å². The van der Waals surface area contributed by atoms with Crippen LogP contribution >= 0.6 is 31.9 Å². The maximum Gasteiger partial charge on any atom is 0.573 e. The van der Waals surface area contributed by atoms with Gasteiger partial charge in [-0.1, -0.05) is 15.9 Å². The van der Waals surface area contributed by atoms with Gasteiger partial charge in [-0.15, -0.1) is 13.2 Å². The molecule has 96 valence electrons. The summed E-state index contributed by atoms with van der Waals surface area (Å²) in [5.74, 6) is -1.01. The van der Waals surface area contributed by atoms with Crippen molar-refractivity contribution in [3.8, 4) is 5.75 Å². The summed E-state index contributed by atoms with van der Waals surface area (Å²) in [6.07, 6.45) is -7.17. The first kappa shape index (κ1) is 14.6. The van der Waals surface area contributed by atoms with Crippen molar-refractivity contribution >= 4 is 31.9 Å². The van der Waals surface area contributed by atoms with E-state index in [1.54, 1.807) is 0 Å². The van der Waals surface area contributed by atoms with E-state index in [2.05, 4.69) is 41.6 Å². The van der Waals surface area contributed by atoms with Crippen molar-refractivity contribution in [2.24, 2.45) is 0 Å². The summed E-state index contributed by atoms with van der Waals surface area (Å²) in [6.45, 7) is 0. The molecule has 0 saturated heterocycles. The third-order valence-electron chi connectivity index (χ3n) is 1.64. The lowest BCUT2D eigenvalue weighted by atomic mass is 10.2. The van der Waals surface area contributed by atoms with E-state index in [1.807, 2.05) is 0 Å². The monoisotopic (exact) mass is 383 g/mol. The van der Waals surface area contributed by atoms with Crippen LogP contribution in [0.3, 0.4) is 0 Å². The molecule has 0 spiro atoms. The minimum absolute atomic E-state index is 0.151. The number of pyridine rings is 1. The second-order valence-electron chi connectivity index (χ2n) is 2.79. The molecule has 0 unspecified atom stereocenters. The van der Waals surface area contributed by atoms with E-state index in [4.69, 9.17) is 0 Å². The van der Waals surface area contributed by atoms with Gasteiger partial charge in [0.05, 0.1) is 4.47 Å². The first-order valence-electron chi connectivity index (χ1n) is 4.03. The molecule has 0 fully saturated rings. The standard InChI is InChI=1S/C8H4Br2F5NO/c9-1-3-2-16-5(7(11)12)6(4(3)10)17-8(13,14)15/h2,7H,1H2. The van der Waals surface area contributed by atoms with Crippen LogP contribution in [0, 0.1) is 0 Å². The maximum absolute atomic E-state index is 12.5. The number of hydrogen-bond donors (Lipinski definition) is 0. The molecule has 0 aromatic carbocycles. The van der Waals surface area contributed by atoms with E-state index in [-0.39, 0.29) is 15.4 Å². The highest BCUT2D eigenvalue weighted by Gasteiger charge is 2.35. The molecule has 1 rings (SSSR count). The quantitative estimate of drug-likeness (QED) is 0.562. The Morgan fingerprint density at radius 3 is 2.35 bits per heavy atom. The van der Waals surface area contributed by atoms with Crippen LogP contribution in [-0.2, 0) is 5.33 Å². The fraction of sp³-hybridized carbons (Fsp3) is 0.375. The molecule has 0 aliphatic heterocycles. The fourth-order valence-electron chi connectivity index (χ4n) is 0.982. The van der Waals surface area contributed by atoms with Crippen LogP contribution in [0.15, 0.2) is 10.7 Å². The van der Waals surface area contributed by atoms with E-state index in [0.717, 1.165) is 6.20 Å². The highest BCUT2D eigenvalue weighted by molar-refractivity contribution is 9.11. The lowest BCUT2D eigenvalue weighted by Crippen LogP contribution is -2.19. The first-order valence-corrected chi connectivity index (χ1v) is 5.95. The Bertz CT molecular complexity index is 410. The summed E-state index contributed by atoms with van der Waals surface area (Å²) in [7, 11) is 0. The molecule has 0 saturated carbocycles. The second kappa shape index (κ2) is 5.47. The maximum atomic E-state index is 12.5. The van der Waals surface area contributed by atoms with Gasteiger partial charge in [0.1, 0.15) is 5.69 Å². The zero-order valence-corrected chi connectivity index (χ0v) is 11.0. The van der Waals surface area contributed by atoms with Crippen LogP contribution in [0.25, 0.3) is 0 Å². The number of alkyl halides is 6. The molecule has 0 amide bonds. The molecule has 2 nitrogen and oxygen atoms in total. The van der Waals surface area contributed by atoms with Gasteiger partial charge in [0.25, 0.3) is 6.43 Å². The van der Waals surface area contributed by atoms with Gasteiger partial charge in [-0.3, -0.25) is 4.98 Å². The smallest absolute Gasteiger partial charge is 0.402 e. The normalized spacial score (nSPS) is 12.0. The molecule has 0 bridgehead atoms. The molecule has 17 heavy (non-hydrogen) atoms. The van der Waals surface area contributed by atoms with Crippen molar-refractivity contribution < 1.29 is 26.7 Å². The highest BCUT2D eigenvalue weighted by Crippen LogP contribution is 2.39. The Morgan fingerprint density at radius 1 is 1.35 bits per heavy atom. The van der Waals surface area contributed by atoms with Gasteiger partial charge in [-0.2, -0.15) is 0 Å². The Kier molecular flexibility index (Phi) is 4.70. The molecule has 0 aliphatic rings. The Balaban J connectivity index is 3.30. The molecular formula is C8H4Br2F5NO. The van der Waals surface area contributed by atoms with Crippen molar-refractivity contribution in [3.63, 3.8) is 0 Å². The molecule has 0 aliphatic carbocycles. The molecule has 1 aromatic heterocycles. The lowest BCUT2D eigenvalue weighted by molar-refractivity contribution is -0.275. The molecule has 1 heterocycles. The zero-order valence-electron chi connectivity index (χ0n) is 7.86. The van der Waals surface area contributed by atoms with Crippen molar-refractivity contribution in [1.29, 1.82) is 0 Å². The molecule has 1 aromatic rings. The highest BCUT2D eigenvalue weighted by atomic mass is 79.9. The minimum Gasteiger partial charge on any atom is -0.402 e. The molecular weight excluding hydrogens is 381 g/mol. The fourth-order valence-corrected chi connectivity index (χ4v) is 2.31. The summed E-state index contributed by atoms with van der Waals surface area (Å²) in [4.78, 5) is 3.26. The summed E-state index contributed by atoms with van der Waals surface area (Å²) >= 11 is 5.77. The predicted octanol–water partition coefficient (Wildman–Crippen LogP) is 4.58. The number of rotatable bonds is 3. The molecule has 0 N–H and O–H groups in total. The minimum atomic E-state index is -5.06. The van der Waals surface area contributed by atoms with Crippen LogP contribution in [0.4, 0.5) is 22.0 Å². The van der Waals surface area contributed by atoms with Gasteiger partial charge < -0.3 is 4.74 Å². The number of nitrogens with zero attached hydrogens (tertiary/aromatic N) is 1. The van der Waals surface area contributed by atoms with Crippen LogP contribution in [0.1, 0.15) is 17.7 Å². The van der Waals surface area contributed by atoms with Crippen LogP contribution in [0.5, 0.6) is 5.75 Å². The third kappa shape index (κ3) is 3.77. The topological polar surface area (TPSA) is 22.1 Å². The molecule has 0 atom stereocenters. The summed E-state index contributed by atoms with van der Waals surface area (Å²) in [6, 6.07) is 0. The van der Waals surface area contributed by atoms with E-state index in [9.17, 15) is 22.0 Å². The van der Waals surface area contributed by atoms with Gasteiger partial charge >= 0.3 is 6.36 Å². The second-order valence-corrected chi connectivity index (χ2v) is 4.15. The Morgan fingerprint density at radius 2 is 1.94 bits per heavy atom. The third-order valence-corrected chi connectivity index (χ3v) is 3.12. The van der Waals surface area contributed by atoms with Crippen LogP contribution < -0.4 is 4.74 Å². The van der Waals surface area contributed by atoms with E-state index >= 15 is 0 Å². The van der Waals surface area contributed by atoms with Crippen molar-refractivity contribution in [2.45, 2.75) is 18.1 Å². The van der Waals surface area contributed by atoms with Gasteiger partial charge in [-0.05, 0) is 21.5 Å². The largest absolute Gasteiger partial charge is 0.573 e. The summed E-state index contributed by atoms with van der Waals surface area (Å²) in [5, 5.41) is 0.151. The molecule has 9 heteroatoms. The summed E-state index contributed by atoms with van der Waals surface area (Å²) in [5.41, 5.74) is -0.785. The van der Waals surface area contributed by atoms with Crippen LogP contribution in [-0.4, -0.2) is 11.3 Å². The predicted molar refractivity (Wildman–Crippen MR) is 56.2 cm³/mol. The summed E-state index contributed by atoms with van der Waals surface area (Å²) < 4.78 is 64.5. The molecule has 0 radical (unpaired) electrons. The van der Waals surface area contributed by atoms with Crippen molar-refractivity contribution in [3.05, 3.63) is 21.9 Å². The van der Waals surface area contributed by atoms with Crippen molar-refractivity contribution in [1.82, 2.24) is 4.98 Å². The average Bonchev–Trinajstić information content (AvgIpc) is 2.18. The van der Waals surface area contributed by atoms with Gasteiger partial charge in [0.2, 0.25) is 0 Å². The first-order chi connectivity index (χ1) is 7.76. The number of hydrogen-bond acceptors (Lipinski definition) is 2. The van der Waals surface area contributed by atoms with Gasteiger partial charge in [0, 0.05) is 11.5 Å². The Hall–Kier alpha value is -0.440. The zero-order chi connectivity index (χ0) is 13.2. The number of aromatic nitrogens is 1. The number of ether oxygens (including phenoxy) is 1. The SMILES string of the molecule is FC(F)c1ncc(CBr)c(Br)c1OC(F)(F)F.